The minimum Gasteiger partial charge on any atom is -0.344 e. The number of hydrogen-bond acceptors (Lipinski definition) is 4. The summed E-state index contributed by atoms with van der Waals surface area (Å²) >= 11 is 0. The number of carbonyl (C=O) groups excluding carboxylic acids is 1. The van der Waals surface area contributed by atoms with Crippen LogP contribution in [0.2, 0.25) is 0 Å². The Labute approximate surface area is 104 Å². The van der Waals surface area contributed by atoms with Crippen molar-refractivity contribution in [1.82, 2.24) is 4.90 Å². The van der Waals surface area contributed by atoms with E-state index in [9.17, 15) is 13.2 Å². The molecule has 5 nitrogen and oxygen atoms in total. The fraction of sp³-hybridized carbons (Fsp3) is 0.909. The normalized spacial score (nSPS) is 15.4. The lowest BCUT2D eigenvalue weighted by molar-refractivity contribution is -0.131. The van der Waals surface area contributed by atoms with Crippen molar-refractivity contribution in [2.75, 3.05) is 25.6 Å². The maximum absolute atomic E-state index is 11.8. The van der Waals surface area contributed by atoms with Gasteiger partial charge < -0.3 is 10.6 Å². The topological polar surface area (TPSA) is 80.5 Å². The highest BCUT2D eigenvalue weighted by molar-refractivity contribution is 7.90. The third kappa shape index (κ3) is 7.33. The van der Waals surface area contributed by atoms with Crippen LogP contribution >= 0.6 is 0 Å². The van der Waals surface area contributed by atoms with E-state index in [1.54, 1.807) is 11.9 Å². The van der Waals surface area contributed by atoms with Gasteiger partial charge in [0.15, 0.2) is 0 Å². The van der Waals surface area contributed by atoms with Crippen molar-refractivity contribution in [3.63, 3.8) is 0 Å². The van der Waals surface area contributed by atoms with Crippen LogP contribution in [-0.4, -0.2) is 50.9 Å². The first-order chi connectivity index (χ1) is 7.67. The first kappa shape index (κ1) is 16.4. The molecule has 0 fully saturated rings. The summed E-state index contributed by atoms with van der Waals surface area (Å²) in [6.45, 7) is 4.78. The number of hydrogen-bond donors (Lipinski definition) is 1. The maximum Gasteiger partial charge on any atom is 0.239 e. The zero-order valence-electron chi connectivity index (χ0n) is 11.1. The van der Waals surface area contributed by atoms with E-state index in [0.29, 0.717) is 12.5 Å². The number of carbonyl (C=O) groups is 1. The van der Waals surface area contributed by atoms with E-state index >= 15 is 0 Å². The van der Waals surface area contributed by atoms with Crippen molar-refractivity contribution in [1.29, 1.82) is 0 Å². The molecule has 0 heterocycles. The Hall–Kier alpha value is -0.620. The summed E-state index contributed by atoms with van der Waals surface area (Å²) in [5.41, 5.74) is 5.69. The van der Waals surface area contributed by atoms with Crippen LogP contribution in [-0.2, 0) is 14.6 Å². The molecule has 0 aromatic heterocycles. The van der Waals surface area contributed by atoms with Gasteiger partial charge in [0.05, 0.1) is 11.8 Å². The predicted octanol–water partition coefficient (Wildman–Crippen LogP) is 0.253. The zero-order chi connectivity index (χ0) is 13.6. The average molecular weight is 264 g/mol. The first-order valence-corrected chi connectivity index (χ1v) is 7.91. The van der Waals surface area contributed by atoms with Gasteiger partial charge in [-0.3, -0.25) is 4.79 Å². The van der Waals surface area contributed by atoms with E-state index in [1.807, 2.05) is 0 Å². The average Bonchev–Trinajstić information content (AvgIpc) is 2.23. The van der Waals surface area contributed by atoms with Crippen LogP contribution in [0.25, 0.3) is 0 Å². The lowest BCUT2D eigenvalue weighted by Gasteiger charge is -2.23. The van der Waals surface area contributed by atoms with Crippen LogP contribution in [0.1, 0.15) is 26.7 Å². The van der Waals surface area contributed by atoms with Gasteiger partial charge in [0, 0.05) is 19.8 Å². The molecule has 6 heteroatoms. The van der Waals surface area contributed by atoms with Gasteiger partial charge in [-0.1, -0.05) is 20.3 Å². The maximum atomic E-state index is 11.8. The summed E-state index contributed by atoms with van der Waals surface area (Å²) in [4.78, 5) is 13.4. The van der Waals surface area contributed by atoms with E-state index in [4.69, 9.17) is 5.73 Å². The molecule has 1 amide bonds. The Bertz CT molecular complexity index is 341. The van der Waals surface area contributed by atoms with E-state index in [0.717, 1.165) is 12.7 Å². The lowest BCUT2D eigenvalue weighted by atomic mass is 10.1. The first-order valence-electron chi connectivity index (χ1n) is 5.85. The molecule has 0 aliphatic rings. The summed E-state index contributed by atoms with van der Waals surface area (Å²) in [7, 11) is -1.35. The molecule has 0 aliphatic carbocycles. The van der Waals surface area contributed by atoms with E-state index in [2.05, 4.69) is 13.8 Å². The summed E-state index contributed by atoms with van der Waals surface area (Å²) in [5.74, 6) is 0.192. The van der Waals surface area contributed by atoms with Gasteiger partial charge in [-0.25, -0.2) is 8.42 Å². The summed E-state index contributed by atoms with van der Waals surface area (Å²) < 4.78 is 21.9. The zero-order valence-corrected chi connectivity index (χ0v) is 12.0. The number of nitrogens with two attached hydrogens (primary N) is 1. The third-order valence-electron chi connectivity index (χ3n) is 2.78. The summed E-state index contributed by atoms with van der Waals surface area (Å²) in [6.07, 6.45) is 2.33. The Morgan fingerprint density at radius 1 is 1.41 bits per heavy atom. The molecule has 2 unspecified atom stereocenters. The molecule has 0 spiro atoms. The molecule has 0 saturated carbocycles. The Morgan fingerprint density at radius 2 is 1.94 bits per heavy atom. The Kier molecular flexibility index (Phi) is 6.70. The largest absolute Gasteiger partial charge is 0.344 e. The smallest absolute Gasteiger partial charge is 0.239 e. The van der Waals surface area contributed by atoms with Crippen molar-refractivity contribution >= 4 is 15.7 Å². The Morgan fingerprint density at radius 3 is 2.35 bits per heavy atom. The van der Waals surface area contributed by atoms with Crippen molar-refractivity contribution in [3.05, 3.63) is 0 Å². The van der Waals surface area contributed by atoms with Crippen LogP contribution in [0.3, 0.4) is 0 Å². The lowest BCUT2D eigenvalue weighted by Crippen LogP contribution is -2.44. The molecule has 0 saturated heterocycles. The molecule has 0 aromatic rings. The molecule has 0 aromatic carbocycles. The van der Waals surface area contributed by atoms with Crippen molar-refractivity contribution in [2.24, 2.45) is 11.7 Å². The second kappa shape index (κ2) is 6.96. The van der Waals surface area contributed by atoms with Gasteiger partial charge in [-0.15, -0.1) is 0 Å². The minimum atomic E-state index is -3.06. The SMILES string of the molecule is CCC(C)CN(C)C(=O)C(N)CCS(C)(=O)=O. The highest BCUT2D eigenvalue weighted by atomic mass is 32.2. The van der Waals surface area contributed by atoms with Gasteiger partial charge >= 0.3 is 0 Å². The predicted molar refractivity (Wildman–Crippen MR) is 69.4 cm³/mol. The fourth-order valence-corrected chi connectivity index (χ4v) is 2.12. The van der Waals surface area contributed by atoms with Crippen molar-refractivity contribution in [2.45, 2.75) is 32.7 Å². The number of sulfone groups is 1. The van der Waals surface area contributed by atoms with Crippen molar-refractivity contribution in [3.8, 4) is 0 Å². The molecule has 0 rings (SSSR count). The van der Waals surface area contributed by atoms with Crippen LogP contribution in [0, 0.1) is 5.92 Å². The molecule has 17 heavy (non-hydrogen) atoms. The van der Waals surface area contributed by atoms with E-state index in [1.165, 1.54) is 0 Å². The van der Waals surface area contributed by atoms with Crippen LogP contribution in [0.15, 0.2) is 0 Å². The highest BCUT2D eigenvalue weighted by Crippen LogP contribution is 2.05. The number of nitrogens with zero attached hydrogens (tertiary/aromatic N) is 1. The number of amides is 1. The molecule has 0 aliphatic heterocycles. The van der Waals surface area contributed by atoms with Crippen molar-refractivity contribution < 1.29 is 13.2 Å². The van der Waals surface area contributed by atoms with Crippen LogP contribution in [0.5, 0.6) is 0 Å². The molecule has 102 valence electrons. The van der Waals surface area contributed by atoms with Crippen LogP contribution in [0.4, 0.5) is 0 Å². The van der Waals surface area contributed by atoms with E-state index in [-0.39, 0.29) is 18.1 Å². The van der Waals surface area contributed by atoms with Gasteiger partial charge in [0.2, 0.25) is 5.91 Å². The standard InChI is InChI=1S/C11H24N2O3S/c1-5-9(2)8-13(3)11(14)10(12)6-7-17(4,15)16/h9-10H,5-8,12H2,1-4H3. The molecular weight excluding hydrogens is 240 g/mol. The van der Waals surface area contributed by atoms with Gasteiger partial charge in [-0.2, -0.15) is 0 Å². The number of rotatable bonds is 7. The Balaban J connectivity index is 4.21. The quantitative estimate of drug-likeness (QED) is 0.715. The van der Waals surface area contributed by atoms with Crippen LogP contribution < -0.4 is 5.73 Å². The number of likely N-dealkylation sites (N-methyl/N-ethyl adjacent to an activating group) is 1. The molecular formula is C11H24N2O3S. The van der Waals surface area contributed by atoms with Gasteiger partial charge in [0.1, 0.15) is 9.84 Å². The monoisotopic (exact) mass is 264 g/mol. The van der Waals surface area contributed by atoms with Gasteiger partial charge in [0.25, 0.3) is 0 Å². The third-order valence-corrected chi connectivity index (χ3v) is 3.75. The fourth-order valence-electron chi connectivity index (χ4n) is 1.43. The molecule has 0 radical (unpaired) electrons. The molecule has 2 atom stereocenters. The highest BCUT2D eigenvalue weighted by Gasteiger charge is 2.20. The second-order valence-corrected chi connectivity index (χ2v) is 7.02. The summed E-state index contributed by atoms with van der Waals surface area (Å²) in [6, 6.07) is -0.723. The molecule has 0 bridgehead atoms. The van der Waals surface area contributed by atoms with E-state index < -0.39 is 15.9 Å². The minimum absolute atomic E-state index is 0.0446. The second-order valence-electron chi connectivity index (χ2n) is 4.76. The summed E-state index contributed by atoms with van der Waals surface area (Å²) in [5, 5.41) is 0. The molecule has 2 N–H and O–H groups in total. The van der Waals surface area contributed by atoms with Gasteiger partial charge in [-0.05, 0) is 12.3 Å².